The largest absolute Gasteiger partial charge is 0.394 e. The monoisotopic (exact) mass is 235 g/mol. The number of nitriles is 1. The van der Waals surface area contributed by atoms with Gasteiger partial charge in [-0.15, -0.1) is 0 Å². The maximum atomic E-state index is 9.06. The fourth-order valence-electron chi connectivity index (χ4n) is 1.88. The molecule has 17 heavy (non-hydrogen) atoms. The highest BCUT2D eigenvalue weighted by Crippen LogP contribution is 2.34. The van der Waals surface area contributed by atoms with Crippen molar-refractivity contribution in [2.45, 2.75) is 32.4 Å². The summed E-state index contributed by atoms with van der Waals surface area (Å²) >= 11 is 0. The van der Waals surface area contributed by atoms with Crippen LogP contribution in [0.25, 0.3) is 0 Å². The highest BCUT2D eigenvalue weighted by atomic mass is 16.3. The smallest absolute Gasteiger partial charge is 0.168 e. The van der Waals surface area contributed by atoms with E-state index in [-0.39, 0.29) is 6.61 Å². The first-order chi connectivity index (χ1) is 8.17. The molecular formula is C11H17N5O. The van der Waals surface area contributed by atoms with Crippen LogP contribution in [0, 0.1) is 17.2 Å². The summed E-state index contributed by atoms with van der Waals surface area (Å²) in [5.41, 5.74) is 6.16. The lowest BCUT2D eigenvalue weighted by Gasteiger charge is -2.11. The lowest BCUT2D eigenvalue weighted by atomic mass is 10.2. The molecule has 6 nitrogen and oxygen atoms in total. The molecule has 1 heterocycles. The number of hydrogen-bond acceptors (Lipinski definition) is 5. The summed E-state index contributed by atoms with van der Waals surface area (Å²) in [6.07, 6.45) is 2.45. The fraction of sp³-hybridized carbons (Fsp3) is 0.636. The molecule has 0 bridgehead atoms. The van der Waals surface area contributed by atoms with E-state index < -0.39 is 0 Å². The second kappa shape index (κ2) is 4.63. The number of aromatic nitrogens is 2. The second-order valence-corrected chi connectivity index (χ2v) is 4.44. The van der Waals surface area contributed by atoms with Crippen molar-refractivity contribution in [2.24, 2.45) is 5.92 Å². The second-order valence-electron chi connectivity index (χ2n) is 4.44. The molecule has 0 amide bonds. The molecule has 0 saturated heterocycles. The van der Waals surface area contributed by atoms with Gasteiger partial charge in [-0.3, -0.25) is 0 Å². The zero-order valence-corrected chi connectivity index (χ0v) is 9.85. The Balaban J connectivity index is 2.20. The van der Waals surface area contributed by atoms with Crippen LogP contribution < -0.4 is 11.1 Å². The number of aliphatic hydroxyl groups is 1. The number of nitrogens with one attached hydrogen (secondary N) is 1. The van der Waals surface area contributed by atoms with Crippen molar-refractivity contribution in [3.63, 3.8) is 0 Å². The van der Waals surface area contributed by atoms with Gasteiger partial charge in [-0.1, -0.05) is 0 Å². The van der Waals surface area contributed by atoms with Crippen LogP contribution in [0.1, 0.15) is 25.3 Å². The van der Waals surface area contributed by atoms with Crippen molar-refractivity contribution >= 4 is 11.6 Å². The maximum absolute atomic E-state index is 9.06. The van der Waals surface area contributed by atoms with Gasteiger partial charge in [-0.2, -0.15) is 10.4 Å². The van der Waals surface area contributed by atoms with Gasteiger partial charge < -0.3 is 16.2 Å². The molecule has 1 aromatic rings. The molecule has 0 radical (unpaired) electrons. The SMILES string of the molecule is CC(Nc1nn(CCO)c(N)c1C#N)C1CC1. The minimum atomic E-state index is -0.0473. The van der Waals surface area contributed by atoms with Gasteiger partial charge in [0.2, 0.25) is 0 Å². The number of hydrogen-bond donors (Lipinski definition) is 3. The van der Waals surface area contributed by atoms with Crippen LogP contribution in [0.2, 0.25) is 0 Å². The first-order valence-electron chi connectivity index (χ1n) is 5.81. The van der Waals surface area contributed by atoms with E-state index in [1.165, 1.54) is 17.5 Å². The van der Waals surface area contributed by atoms with Crippen LogP contribution in [-0.4, -0.2) is 27.5 Å². The topological polar surface area (TPSA) is 99.9 Å². The van der Waals surface area contributed by atoms with Crippen molar-refractivity contribution in [1.82, 2.24) is 9.78 Å². The molecule has 1 atom stereocenters. The maximum Gasteiger partial charge on any atom is 0.168 e. The summed E-state index contributed by atoms with van der Waals surface area (Å²) in [5.74, 6) is 1.51. The molecular weight excluding hydrogens is 218 g/mol. The third kappa shape index (κ3) is 2.34. The molecule has 1 fully saturated rings. The molecule has 2 rings (SSSR count). The molecule has 1 aromatic heterocycles. The number of aliphatic hydroxyl groups excluding tert-OH is 1. The average Bonchev–Trinajstić information content (AvgIpc) is 3.09. The Bertz CT molecular complexity index is 443. The lowest BCUT2D eigenvalue weighted by molar-refractivity contribution is 0.270. The Morgan fingerprint density at radius 3 is 2.94 bits per heavy atom. The number of rotatable bonds is 5. The summed E-state index contributed by atoms with van der Waals surface area (Å²) < 4.78 is 1.46. The Kier molecular flexibility index (Phi) is 3.20. The molecule has 1 saturated carbocycles. The molecule has 1 unspecified atom stereocenters. The van der Waals surface area contributed by atoms with E-state index in [0.29, 0.717) is 35.7 Å². The van der Waals surface area contributed by atoms with E-state index in [2.05, 4.69) is 23.4 Å². The van der Waals surface area contributed by atoms with Gasteiger partial charge in [0, 0.05) is 6.04 Å². The van der Waals surface area contributed by atoms with Crippen molar-refractivity contribution in [3.8, 4) is 6.07 Å². The predicted octanol–water partition coefficient (Wildman–Crippen LogP) is 0.540. The van der Waals surface area contributed by atoms with Crippen LogP contribution in [0.5, 0.6) is 0 Å². The molecule has 92 valence electrons. The third-order valence-electron chi connectivity index (χ3n) is 3.11. The zero-order chi connectivity index (χ0) is 12.4. The number of nitrogens with two attached hydrogens (primary N) is 1. The average molecular weight is 235 g/mol. The van der Waals surface area contributed by atoms with Crippen molar-refractivity contribution < 1.29 is 5.11 Å². The van der Waals surface area contributed by atoms with Crippen LogP contribution in [0.15, 0.2) is 0 Å². The van der Waals surface area contributed by atoms with Gasteiger partial charge in [0.05, 0.1) is 13.2 Å². The van der Waals surface area contributed by atoms with Crippen molar-refractivity contribution in [2.75, 3.05) is 17.7 Å². The van der Waals surface area contributed by atoms with Gasteiger partial charge in [0.25, 0.3) is 0 Å². The normalized spacial score (nSPS) is 16.5. The molecule has 0 spiro atoms. The minimum absolute atomic E-state index is 0.0473. The van der Waals surface area contributed by atoms with Gasteiger partial charge >= 0.3 is 0 Å². The van der Waals surface area contributed by atoms with E-state index in [1.54, 1.807) is 0 Å². The Hall–Kier alpha value is -1.74. The summed E-state index contributed by atoms with van der Waals surface area (Å²) in [6, 6.07) is 2.36. The first kappa shape index (κ1) is 11.7. The van der Waals surface area contributed by atoms with Crippen LogP contribution >= 0.6 is 0 Å². The van der Waals surface area contributed by atoms with Gasteiger partial charge in [0.1, 0.15) is 17.5 Å². The van der Waals surface area contributed by atoms with E-state index >= 15 is 0 Å². The molecule has 6 heteroatoms. The molecule has 1 aliphatic carbocycles. The van der Waals surface area contributed by atoms with Crippen molar-refractivity contribution in [1.29, 1.82) is 5.26 Å². The van der Waals surface area contributed by atoms with Crippen molar-refractivity contribution in [3.05, 3.63) is 5.56 Å². The number of nitrogens with zero attached hydrogens (tertiary/aromatic N) is 3. The van der Waals surface area contributed by atoms with Crippen LogP contribution in [-0.2, 0) is 6.54 Å². The standard InChI is InChI=1S/C11H17N5O/c1-7(8-2-3-8)14-11-9(6-12)10(13)16(15-11)4-5-17/h7-8,17H,2-5,13H2,1H3,(H,14,15). The lowest BCUT2D eigenvalue weighted by Crippen LogP contribution is -2.18. The number of nitrogen functional groups attached to an aromatic ring is 1. The summed E-state index contributed by atoms with van der Waals surface area (Å²) in [6.45, 7) is 2.34. The minimum Gasteiger partial charge on any atom is -0.394 e. The van der Waals surface area contributed by atoms with E-state index in [9.17, 15) is 0 Å². The van der Waals surface area contributed by atoms with E-state index in [1.807, 2.05) is 0 Å². The molecule has 0 aromatic carbocycles. The molecule has 0 aliphatic heterocycles. The van der Waals surface area contributed by atoms with Crippen LogP contribution in [0.4, 0.5) is 11.6 Å². The fourth-order valence-corrected chi connectivity index (χ4v) is 1.88. The number of anilines is 2. The zero-order valence-electron chi connectivity index (χ0n) is 9.85. The van der Waals surface area contributed by atoms with E-state index in [0.717, 1.165) is 0 Å². The summed E-state index contributed by atoms with van der Waals surface area (Å²) in [5, 5.41) is 25.4. The van der Waals surface area contributed by atoms with Gasteiger partial charge in [-0.05, 0) is 25.7 Å². The van der Waals surface area contributed by atoms with Gasteiger partial charge in [-0.25, -0.2) is 4.68 Å². The Labute approximate surface area is 100 Å². The summed E-state index contributed by atoms with van der Waals surface area (Å²) in [4.78, 5) is 0. The molecule has 4 N–H and O–H groups in total. The highest BCUT2D eigenvalue weighted by molar-refractivity contribution is 5.64. The van der Waals surface area contributed by atoms with Gasteiger partial charge in [0.15, 0.2) is 5.82 Å². The van der Waals surface area contributed by atoms with Crippen LogP contribution in [0.3, 0.4) is 0 Å². The quantitative estimate of drug-likeness (QED) is 0.691. The predicted molar refractivity (Wildman–Crippen MR) is 64.2 cm³/mol. The Morgan fingerprint density at radius 1 is 1.71 bits per heavy atom. The van der Waals surface area contributed by atoms with E-state index in [4.69, 9.17) is 16.1 Å². The Morgan fingerprint density at radius 2 is 2.41 bits per heavy atom. The first-order valence-corrected chi connectivity index (χ1v) is 5.81. The molecule has 1 aliphatic rings. The summed E-state index contributed by atoms with van der Waals surface area (Å²) in [7, 11) is 0. The third-order valence-corrected chi connectivity index (χ3v) is 3.11. The highest BCUT2D eigenvalue weighted by Gasteiger charge is 2.29.